The largest absolute Gasteiger partial charge is 0.372 e. The summed E-state index contributed by atoms with van der Waals surface area (Å²) in [5.41, 5.74) is 0.880. The molecule has 0 radical (unpaired) electrons. The van der Waals surface area contributed by atoms with Crippen LogP contribution in [0.3, 0.4) is 0 Å². The minimum atomic E-state index is -0.0511. The predicted molar refractivity (Wildman–Crippen MR) is 87.2 cm³/mol. The number of carbonyl (C=O) groups excluding carboxylic acids is 1. The summed E-state index contributed by atoms with van der Waals surface area (Å²) in [5, 5.41) is 14.7. The molecule has 124 valence electrons. The molecule has 3 rings (SSSR count). The summed E-state index contributed by atoms with van der Waals surface area (Å²) in [6, 6.07) is 0.148. The summed E-state index contributed by atoms with van der Waals surface area (Å²) in [7, 11) is 0. The van der Waals surface area contributed by atoms with Crippen molar-refractivity contribution in [3.8, 4) is 11.5 Å². The molecule has 1 unspecified atom stereocenters. The molecule has 3 heterocycles. The van der Waals surface area contributed by atoms with Gasteiger partial charge in [0.25, 0.3) is 0 Å². The van der Waals surface area contributed by atoms with Crippen LogP contribution in [0.5, 0.6) is 0 Å². The van der Waals surface area contributed by atoms with E-state index in [1.54, 1.807) is 11.3 Å². The number of carbonyl (C=O) groups is 1. The summed E-state index contributed by atoms with van der Waals surface area (Å²) in [4.78, 5) is 16.3. The number of aryl methyl sites for hydroxylation is 2. The molecule has 1 aliphatic heterocycles. The maximum Gasteiger partial charge on any atom is 0.246 e. The standard InChI is InChI=1S/C15H21N5O2S/c1-3-22-8-14(21)17-11-4-5-13-18-19-15(20(13)7-6-11)12-9-23-10(2)16-12/h9,11H,3-8H2,1-2H3,(H,17,21). The van der Waals surface area contributed by atoms with E-state index in [9.17, 15) is 4.79 Å². The van der Waals surface area contributed by atoms with Gasteiger partial charge in [0.1, 0.15) is 18.1 Å². The van der Waals surface area contributed by atoms with E-state index in [0.29, 0.717) is 6.61 Å². The Kier molecular flexibility index (Phi) is 5.02. The Hall–Kier alpha value is -1.80. The summed E-state index contributed by atoms with van der Waals surface area (Å²) >= 11 is 1.61. The minimum Gasteiger partial charge on any atom is -0.372 e. The highest BCUT2D eigenvalue weighted by Gasteiger charge is 2.22. The molecule has 1 N–H and O–H groups in total. The van der Waals surface area contributed by atoms with Gasteiger partial charge in [-0.1, -0.05) is 0 Å². The van der Waals surface area contributed by atoms with E-state index in [1.165, 1.54) is 0 Å². The van der Waals surface area contributed by atoms with Gasteiger partial charge in [-0.2, -0.15) is 0 Å². The second kappa shape index (κ2) is 7.18. The highest BCUT2D eigenvalue weighted by Crippen LogP contribution is 2.24. The number of ether oxygens (including phenoxy) is 1. The van der Waals surface area contributed by atoms with Gasteiger partial charge in [-0.05, 0) is 26.7 Å². The molecular formula is C15H21N5O2S. The van der Waals surface area contributed by atoms with Gasteiger partial charge in [-0.3, -0.25) is 4.79 Å². The number of nitrogens with one attached hydrogen (secondary N) is 1. The maximum atomic E-state index is 11.8. The van der Waals surface area contributed by atoms with Crippen LogP contribution in [-0.2, 0) is 22.5 Å². The predicted octanol–water partition coefficient (Wildman–Crippen LogP) is 1.57. The van der Waals surface area contributed by atoms with Gasteiger partial charge < -0.3 is 14.6 Å². The van der Waals surface area contributed by atoms with Gasteiger partial charge in [0.2, 0.25) is 5.91 Å². The van der Waals surface area contributed by atoms with E-state index < -0.39 is 0 Å². The van der Waals surface area contributed by atoms with Gasteiger partial charge in [-0.15, -0.1) is 21.5 Å². The number of fused-ring (bicyclic) bond motifs is 1. The Morgan fingerprint density at radius 3 is 3.09 bits per heavy atom. The van der Waals surface area contributed by atoms with Crippen LogP contribution < -0.4 is 5.32 Å². The first-order valence-electron chi connectivity index (χ1n) is 7.89. The zero-order chi connectivity index (χ0) is 16.2. The van der Waals surface area contributed by atoms with Crippen LogP contribution in [0.15, 0.2) is 5.38 Å². The molecule has 0 spiro atoms. The van der Waals surface area contributed by atoms with Crippen LogP contribution in [-0.4, -0.2) is 44.9 Å². The summed E-state index contributed by atoms with van der Waals surface area (Å²) in [6.07, 6.45) is 2.53. The number of aromatic nitrogens is 4. The third kappa shape index (κ3) is 3.76. The molecule has 0 saturated carbocycles. The van der Waals surface area contributed by atoms with E-state index in [1.807, 2.05) is 19.2 Å². The highest BCUT2D eigenvalue weighted by atomic mass is 32.1. The fourth-order valence-corrected chi connectivity index (χ4v) is 3.34. The molecule has 2 aromatic rings. The van der Waals surface area contributed by atoms with Gasteiger partial charge in [0.05, 0.1) is 5.01 Å². The van der Waals surface area contributed by atoms with Crippen molar-refractivity contribution in [1.29, 1.82) is 0 Å². The third-order valence-electron chi connectivity index (χ3n) is 3.90. The number of rotatable bonds is 5. The van der Waals surface area contributed by atoms with E-state index in [2.05, 4.69) is 25.1 Å². The van der Waals surface area contributed by atoms with E-state index in [-0.39, 0.29) is 18.6 Å². The summed E-state index contributed by atoms with van der Waals surface area (Å²) < 4.78 is 7.28. The van der Waals surface area contributed by atoms with Crippen molar-refractivity contribution in [1.82, 2.24) is 25.1 Å². The van der Waals surface area contributed by atoms with Gasteiger partial charge >= 0.3 is 0 Å². The molecule has 0 bridgehead atoms. The average molecular weight is 335 g/mol. The van der Waals surface area contributed by atoms with E-state index in [4.69, 9.17) is 4.74 Å². The fourth-order valence-electron chi connectivity index (χ4n) is 2.75. The van der Waals surface area contributed by atoms with Gasteiger partial charge in [0.15, 0.2) is 5.82 Å². The average Bonchev–Trinajstić information content (AvgIpc) is 3.08. The van der Waals surface area contributed by atoms with Crippen LogP contribution >= 0.6 is 11.3 Å². The second-order valence-corrected chi connectivity index (χ2v) is 6.63. The highest BCUT2D eigenvalue weighted by molar-refractivity contribution is 7.09. The van der Waals surface area contributed by atoms with Crippen LogP contribution in [0, 0.1) is 6.92 Å². The zero-order valence-corrected chi connectivity index (χ0v) is 14.2. The van der Waals surface area contributed by atoms with Crippen molar-refractivity contribution >= 4 is 17.2 Å². The third-order valence-corrected chi connectivity index (χ3v) is 4.67. The molecule has 0 fully saturated rings. The van der Waals surface area contributed by atoms with Crippen molar-refractivity contribution < 1.29 is 9.53 Å². The molecule has 1 amide bonds. The monoisotopic (exact) mass is 335 g/mol. The Balaban J connectivity index is 1.67. The van der Waals surface area contributed by atoms with Gasteiger partial charge in [0, 0.05) is 31.0 Å². The molecule has 0 aromatic carbocycles. The van der Waals surface area contributed by atoms with Crippen molar-refractivity contribution in [2.45, 2.75) is 45.7 Å². The Morgan fingerprint density at radius 2 is 2.35 bits per heavy atom. The van der Waals surface area contributed by atoms with Crippen molar-refractivity contribution in [2.75, 3.05) is 13.2 Å². The lowest BCUT2D eigenvalue weighted by atomic mass is 10.1. The number of hydrogen-bond donors (Lipinski definition) is 1. The fraction of sp³-hybridized carbons (Fsp3) is 0.600. The second-order valence-electron chi connectivity index (χ2n) is 5.57. The van der Waals surface area contributed by atoms with Crippen molar-refractivity contribution in [3.63, 3.8) is 0 Å². The summed E-state index contributed by atoms with van der Waals surface area (Å²) in [5.74, 6) is 1.74. The lowest BCUT2D eigenvalue weighted by Gasteiger charge is -2.16. The van der Waals surface area contributed by atoms with Crippen LogP contribution in [0.2, 0.25) is 0 Å². The smallest absolute Gasteiger partial charge is 0.246 e. The van der Waals surface area contributed by atoms with Crippen LogP contribution in [0.4, 0.5) is 0 Å². The first-order valence-corrected chi connectivity index (χ1v) is 8.77. The molecule has 0 aliphatic carbocycles. The molecule has 7 nitrogen and oxygen atoms in total. The number of hydrogen-bond acceptors (Lipinski definition) is 6. The van der Waals surface area contributed by atoms with Crippen LogP contribution in [0.1, 0.15) is 30.6 Å². The van der Waals surface area contributed by atoms with E-state index in [0.717, 1.165) is 48.2 Å². The van der Waals surface area contributed by atoms with Crippen LogP contribution in [0.25, 0.3) is 11.5 Å². The zero-order valence-electron chi connectivity index (χ0n) is 13.4. The number of amides is 1. The number of nitrogens with zero attached hydrogens (tertiary/aromatic N) is 4. The van der Waals surface area contributed by atoms with Crippen molar-refractivity contribution in [3.05, 3.63) is 16.2 Å². The molecule has 8 heteroatoms. The molecule has 1 atom stereocenters. The van der Waals surface area contributed by atoms with E-state index >= 15 is 0 Å². The lowest BCUT2D eigenvalue weighted by Crippen LogP contribution is -2.37. The molecule has 2 aromatic heterocycles. The normalized spacial score (nSPS) is 17.6. The van der Waals surface area contributed by atoms with Gasteiger partial charge in [-0.25, -0.2) is 4.98 Å². The first-order chi connectivity index (χ1) is 11.2. The molecule has 0 saturated heterocycles. The lowest BCUT2D eigenvalue weighted by molar-refractivity contribution is -0.126. The maximum absolute atomic E-state index is 11.8. The summed E-state index contributed by atoms with van der Waals surface area (Å²) in [6.45, 7) is 5.33. The topological polar surface area (TPSA) is 81.9 Å². The first kappa shape index (κ1) is 16.1. The van der Waals surface area contributed by atoms with Crippen molar-refractivity contribution in [2.24, 2.45) is 0 Å². The quantitative estimate of drug-likeness (QED) is 0.897. The molecular weight excluding hydrogens is 314 g/mol. The Bertz CT molecular complexity index is 681. The SMILES string of the molecule is CCOCC(=O)NC1CCc2nnc(-c3csc(C)n3)n2CC1. The Labute approximate surface area is 139 Å². The number of thiazole rings is 1. The Morgan fingerprint density at radius 1 is 1.48 bits per heavy atom. The minimum absolute atomic E-state index is 0.0511. The molecule has 1 aliphatic rings. The molecule has 23 heavy (non-hydrogen) atoms.